The summed E-state index contributed by atoms with van der Waals surface area (Å²) >= 11 is 7.01. The van der Waals surface area contributed by atoms with Gasteiger partial charge in [-0.1, -0.05) is 0 Å². The zero-order chi connectivity index (χ0) is 15.7. The molecule has 0 spiro atoms. The van der Waals surface area contributed by atoms with Gasteiger partial charge in [-0.2, -0.15) is 0 Å². The SMILES string of the molecule is CCOc1c(Br)cc(CNC2(C)CCS(=O)(=O)C2)cc1Br. The molecule has 0 amide bonds. The van der Waals surface area contributed by atoms with Crippen LogP contribution in [-0.2, 0) is 16.4 Å². The first-order chi connectivity index (χ1) is 9.75. The van der Waals surface area contributed by atoms with Crippen LogP contribution >= 0.6 is 31.9 Å². The molecule has 4 nitrogen and oxygen atoms in total. The van der Waals surface area contributed by atoms with Crippen LogP contribution in [0.15, 0.2) is 21.1 Å². The molecule has 0 aromatic heterocycles. The Hall–Kier alpha value is -0.110. The first-order valence-electron chi connectivity index (χ1n) is 6.81. The van der Waals surface area contributed by atoms with Crippen LogP contribution in [0.25, 0.3) is 0 Å². The van der Waals surface area contributed by atoms with E-state index in [9.17, 15) is 8.42 Å². The molecule has 0 bridgehead atoms. The van der Waals surface area contributed by atoms with Gasteiger partial charge in [0.2, 0.25) is 0 Å². The first-order valence-corrected chi connectivity index (χ1v) is 10.2. The highest BCUT2D eigenvalue weighted by Crippen LogP contribution is 2.35. The fourth-order valence-electron chi connectivity index (χ4n) is 2.46. The monoisotopic (exact) mass is 439 g/mol. The molecule has 2 rings (SSSR count). The molecule has 118 valence electrons. The van der Waals surface area contributed by atoms with Crippen molar-refractivity contribution in [2.24, 2.45) is 0 Å². The normalized spacial score (nSPS) is 24.2. The van der Waals surface area contributed by atoms with Gasteiger partial charge in [-0.25, -0.2) is 8.42 Å². The highest BCUT2D eigenvalue weighted by Gasteiger charge is 2.37. The van der Waals surface area contributed by atoms with Gasteiger partial charge in [0.25, 0.3) is 0 Å². The van der Waals surface area contributed by atoms with Crippen molar-refractivity contribution in [3.8, 4) is 5.75 Å². The van der Waals surface area contributed by atoms with E-state index in [-0.39, 0.29) is 17.0 Å². The largest absolute Gasteiger partial charge is 0.492 e. The predicted octanol–water partition coefficient (Wildman–Crippen LogP) is 3.28. The molecule has 1 aromatic rings. The van der Waals surface area contributed by atoms with Crippen LogP contribution in [0, 0.1) is 0 Å². The topological polar surface area (TPSA) is 55.4 Å². The van der Waals surface area contributed by atoms with Gasteiger partial charge in [0.15, 0.2) is 9.84 Å². The summed E-state index contributed by atoms with van der Waals surface area (Å²) in [6.45, 7) is 5.13. The van der Waals surface area contributed by atoms with E-state index in [0.717, 1.165) is 20.3 Å². The van der Waals surface area contributed by atoms with E-state index in [0.29, 0.717) is 19.6 Å². The molecule has 1 aromatic carbocycles. The molecule has 1 aliphatic heterocycles. The van der Waals surface area contributed by atoms with Crippen LogP contribution in [-0.4, -0.2) is 32.1 Å². The minimum absolute atomic E-state index is 0.208. The number of nitrogens with one attached hydrogen (secondary N) is 1. The average molecular weight is 441 g/mol. The lowest BCUT2D eigenvalue weighted by atomic mass is 10.0. The second-order valence-electron chi connectivity index (χ2n) is 5.58. The zero-order valence-corrected chi connectivity index (χ0v) is 16.1. The fourth-order valence-corrected chi connectivity index (χ4v) is 6.10. The molecule has 1 heterocycles. The number of halogens is 2. The number of hydrogen-bond acceptors (Lipinski definition) is 4. The maximum atomic E-state index is 11.6. The van der Waals surface area contributed by atoms with E-state index < -0.39 is 9.84 Å². The van der Waals surface area contributed by atoms with Gasteiger partial charge in [-0.15, -0.1) is 0 Å². The summed E-state index contributed by atoms with van der Waals surface area (Å²) in [6, 6.07) is 3.99. The molecular formula is C14H19Br2NO3S. The van der Waals surface area contributed by atoms with Crippen molar-refractivity contribution in [1.29, 1.82) is 0 Å². The summed E-state index contributed by atoms with van der Waals surface area (Å²) in [4.78, 5) is 0. The second kappa shape index (κ2) is 6.56. The number of sulfone groups is 1. The highest BCUT2D eigenvalue weighted by atomic mass is 79.9. The van der Waals surface area contributed by atoms with E-state index in [2.05, 4.69) is 37.2 Å². The quantitative estimate of drug-likeness (QED) is 0.763. The Morgan fingerprint density at radius 3 is 2.43 bits per heavy atom. The Labute approximate surface area is 142 Å². The molecular weight excluding hydrogens is 422 g/mol. The van der Waals surface area contributed by atoms with Crippen molar-refractivity contribution >= 4 is 41.7 Å². The lowest BCUT2D eigenvalue weighted by Crippen LogP contribution is -2.42. The predicted molar refractivity (Wildman–Crippen MR) is 91.5 cm³/mol. The minimum atomic E-state index is -2.89. The number of rotatable bonds is 5. The molecule has 0 radical (unpaired) electrons. The summed E-state index contributed by atoms with van der Waals surface area (Å²) in [5.41, 5.74) is 0.735. The molecule has 1 unspecified atom stereocenters. The minimum Gasteiger partial charge on any atom is -0.492 e. The van der Waals surface area contributed by atoms with Crippen LogP contribution in [0.2, 0.25) is 0 Å². The van der Waals surface area contributed by atoms with Gasteiger partial charge >= 0.3 is 0 Å². The summed E-state index contributed by atoms with van der Waals surface area (Å²) in [7, 11) is -2.89. The van der Waals surface area contributed by atoms with Crippen molar-refractivity contribution in [1.82, 2.24) is 5.32 Å². The Kier molecular flexibility index (Phi) is 5.39. The number of benzene rings is 1. The van der Waals surface area contributed by atoms with Crippen molar-refractivity contribution in [2.45, 2.75) is 32.4 Å². The van der Waals surface area contributed by atoms with Crippen molar-refractivity contribution in [2.75, 3.05) is 18.1 Å². The molecule has 1 atom stereocenters. The molecule has 7 heteroatoms. The highest BCUT2D eigenvalue weighted by molar-refractivity contribution is 9.11. The van der Waals surface area contributed by atoms with Gasteiger partial charge < -0.3 is 10.1 Å². The smallest absolute Gasteiger partial charge is 0.152 e. The summed E-state index contributed by atoms with van der Waals surface area (Å²) < 4.78 is 30.6. The Bertz CT molecular complexity index is 610. The van der Waals surface area contributed by atoms with Crippen molar-refractivity contribution < 1.29 is 13.2 Å². The molecule has 1 N–H and O–H groups in total. The Morgan fingerprint density at radius 2 is 1.95 bits per heavy atom. The Morgan fingerprint density at radius 1 is 1.33 bits per heavy atom. The lowest BCUT2D eigenvalue weighted by Gasteiger charge is -2.24. The Balaban J connectivity index is 2.08. The molecule has 1 fully saturated rings. The lowest BCUT2D eigenvalue weighted by molar-refractivity contribution is 0.335. The standard InChI is InChI=1S/C14H19Br2NO3S/c1-3-20-13-11(15)6-10(7-12(13)16)8-17-14(2)4-5-21(18,19)9-14/h6-7,17H,3-5,8-9H2,1-2H3. The van der Waals surface area contributed by atoms with Crippen molar-refractivity contribution in [3.05, 3.63) is 26.6 Å². The van der Waals surface area contributed by atoms with Gasteiger partial charge in [0.1, 0.15) is 5.75 Å². The second-order valence-corrected chi connectivity index (χ2v) is 9.47. The van der Waals surface area contributed by atoms with Crippen LogP contribution in [0.1, 0.15) is 25.8 Å². The van der Waals surface area contributed by atoms with Gasteiger partial charge in [-0.05, 0) is 69.8 Å². The number of hydrogen-bond donors (Lipinski definition) is 1. The van der Waals surface area contributed by atoms with Crippen molar-refractivity contribution in [3.63, 3.8) is 0 Å². The van der Waals surface area contributed by atoms with Crippen LogP contribution in [0.3, 0.4) is 0 Å². The molecule has 21 heavy (non-hydrogen) atoms. The fraction of sp³-hybridized carbons (Fsp3) is 0.571. The van der Waals surface area contributed by atoms with Gasteiger partial charge in [0, 0.05) is 12.1 Å². The zero-order valence-electron chi connectivity index (χ0n) is 12.1. The first kappa shape index (κ1) is 17.2. The van der Waals surface area contributed by atoms with E-state index in [1.807, 2.05) is 26.0 Å². The van der Waals surface area contributed by atoms with E-state index in [1.165, 1.54) is 0 Å². The van der Waals surface area contributed by atoms with E-state index in [1.54, 1.807) is 0 Å². The van der Waals surface area contributed by atoms with Crippen LogP contribution < -0.4 is 10.1 Å². The van der Waals surface area contributed by atoms with E-state index in [4.69, 9.17) is 4.74 Å². The van der Waals surface area contributed by atoms with Crippen LogP contribution in [0.5, 0.6) is 5.75 Å². The summed E-state index contributed by atoms with van der Waals surface area (Å²) in [5.74, 6) is 1.27. The van der Waals surface area contributed by atoms with Crippen LogP contribution in [0.4, 0.5) is 0 Å². The third-order valence-corrected chi connectivity index (χ3v) is 6.65. The maximum absolute atomic E-state index is 11.6. The molecule has 0 saturated carbocycles. The molecule has 1 saturated heterocycles. The average Bonchev–Trinajstić information content (AvgIpc) is 2.66. The van der Waals surface area contributed by atoms with Gasteiger partial charge in [0.05, 0.1) is 27.1 Å². The molecule has 1 aliphatic rings. The summed E-state index contributed by atoms with van der Waals surface area (Å²) in [6.07, 6.45) is 0.661. The summed E-state index contributed by atoms with van der Waals surface area (Å²) in [5, 5.41) is 3.37. The molecule has 0 aliphatic carbocycles. The third kappa shape index (κ3) is 4.43. The number of ether oxygens (including phenoxy) is 1. The maximum Gasteiger partial charge on any atom is 0.152 e. The van der Waals surface area contributed by atoms with E-state index >= 15 is 0 Å². The van der Waals surface area contributed by atoms with Gasteiger partial charge in [-0.3, -0.25) is 0 Å². The third-order valence-electron chi connectivity index (χ3n) is 3.57.